The molecule has 4 aromatic heterocycles. The number of rotatable bonds is 91. The number of carbonyl (C=O) groups excluding carboxylic acids is 2. The number of thiophene rings is 2. The summed E-state index contributed by atoms with van der Waals surface area (Å²) in [5.41, 5.74) is 21.2. The van der Waals surface area contributed by atoms with Crippen LogP contribution in [-0.4, -0.2) is 52.2 Å². The van der Waals surface area contributed by atoms with Crippen LogP contribution < -0.4 is 0 Å². The Morgan fingerprint density at radius 3 is 0.785 bits per heavy atom. The molecule has 0 saturated carbocycles. The highest BCUT2D eigenvalue weighted by molar-refractivity contribution is 7.16. The highest BCUT2D eigenvalue weighted by Crippen LogP contribution is 2.64. The van der Waals surface area contributed by atoms with Crippen LogP contribution in [0.15, 0.2) is 59.7 Å². The van der Waals surface area contributed by atoms with E-state index in [2.05, 4.69) is 128 Å². The Labute approximate surface area is 900 Å². The van der Waals surface area contributed by atoms with Crippen LogP contribution in [0.4, 0.5) is 0 Å². The summed E-state index contributed by atoms with van der Waals surface area (Å²) in [4.78, 5) is 42.6. The van der Waals surface area contributed by atoms with Gasteiger partial charge in [-0.1, -0.05) is 549 Å². The molecule has 2 amide bonds. The van der Waals surface area contributed by atoms with Gasteiger partial charge in [-0.25, -0.2) is 0 Å². The van der Waals surface area contributed by atoms with Gasteiger partial charge in [0, 0.05) is 50.4 Å². The molecular formula is C132H212N6O2S4. The normalized spacial score (nSPS) is 14.6. The van der Waals surface area contributed by atoms with Gasteiger partial charge in [-0.3, -0.25) is 9.59 Å². The van der Waals surface area contributed by atoms with Crippen molar-refractivity contribution in [3.63, 3.8) is 0 Å². The second kappa shape index (κ2) is 69.6. The van der Waals surface area contributed by atoms with Crippen LogP contribution in [0, 0.1) is 25.7 Å². The van der Waals surface area contributed by atoms with Crippen molar-refractivity contribution >= 4 is 91.4 Å². The molecule has 11 rings (SSSR count). The van der Waals surface area contributed by atoms with E-state index in [4.69, 9.17) is 17.5 Å². The molecule has 8 nitrogen and oxygen atoms in total. The van der Waals surface area contributed by atoms with E-state index < -0.39 is 0 Å². The molecule has 0 N–H and O–H groups in total. The first-order valence-electron chi connectivity index (χ1n) is 63.0. The van der Waals surface area contributed by atoms with E-state index in [-0.39, 0.29) is 22.6 Å². The summed E-state index contributed by atoms with van der Waals surface area (Å²) in [5.74, 6) is 0.760. The number of hydrogen-bond acceptors (Lipinski definition) is 10. The first kappa shape index (κ1) is 119. The van der Waals surface area contributed by atoms with Gasteiger partial charge in [-0.15, -0.1) is 22.7 Å². The highest BCUT2D eigenvalue weighted by Gasteiger charge is 2.53. The van der Waals surface area contributed by atoms with Gasteiger partial charge >= 0.3 is 0 Å². The Balaban J connectivity index is 1.04. The van der Waals surface area contributed by atoms with Gasteiger partial charge in [-0.2, -0.15) is 17.5 Å². The molecule has 3 aromatic carbocycles. The fourth-order valence-electron chi connectivity index (χ4n) is 26.2. The molecule has 0 radical (unpaired) electrons. The van der Waals surface area contributed by atoms with Crippen molar-refractivity contribution in [1.29, 1.82) is 0 Å². The summed E-state index contributed by atoms with van der Waals surface area (Å²) in [5, 5.41) is 0. The van der Waals surface area contributed by atoms with E-state index in [1.165, 1.54) is 555 Å². The minimum Gasteiger partial charge on any atom is -0.306 e. The van der Waals surface area contributed by atoms with Crippen LogP contribution in [0.25, 0.3) is 66.2 Å². The second-order valence-electron chi connectivity index (χ2n) is 46.8. The molecule has 7 aromatic rings. The Bertz CT molecular complexity index is 4690. The molecule has 0 bridgehead atoms. The van der Waals surface area contributed by atoms with Crippen molar-refractivity contribution in [2.75, 3.05) is 13.1 Å². The fourth-order valence-corrected chi connectivity index (χ4v) is 29.4. The molecule has 0 spiro atoms. The summed E-state index contributed by atoms with van der Waals surface area (Å²) in [6, 6.07) is 20.3. The van der Waals surface area contributed by atoms with Crippen LogP contribution in [0.1, 0.15) is 637 Å². The number of nitrogens with zero attached hydrogens (tertiary/aromatic N) is 6. The van der Waals surface area contributed by atoms with Gasteiger partial charge in [-0.05, 0) is 158 Å². The summed E-state index contributed by atoms with van der Waals surface area (Å²) < 4.78 is 22.1. The maximum absolute atomic E-state index is 16.9. The van der Waals surface area contributed by atoms with Crippen molar-refractivity contribution in [3.8, 4) is 32.7 Å². The van der Waals surface area contributed by atoms with Crippen molar-refractivity contribution in [3.05, 3.63) is 102 Å². The minimum absolute atomic E-state index is 0.0431. The first-order valence-corrected chi connectivity index (χ1v) is 66.1. The molecule has 4 aliphatic rings. The van der Waals surface area contributed by atoms with Crippen LogP contribution in [-0.2, 0) is 20.4 Å². The zero-order valence-corrected chi connectivity index (χ0v) is 98.0. The summed E-state index contributed by atoms with van der Waals surface area (Å²) in [7, 11) is 0. The van der Waals surface area contributed by atoms with E-state index in [0.29, 0.717) is 36.1 Å². The number of unbranched alkanes of at least 4 members (excludes halogenated alkanes) is 68. The van der Waals surface area contributed by atoms with Crippen molar-refractivity contribution in [2.24, 2.45) is 11.8 Å². The molecule has 12 heteroatoms. The number of aryl methyl sites for hydroxylation is 2. The van der Waals surface area contributed by atoms with E-state index >= 15 is 9.59 Å². The maximum Gasteiger partial charge on any atom is 0.261 e. The molecule has 0 fully saturated rings. The van der Waals surface area contributed by atoms with Gasteiger partial charge in [0.15, 0.2) is 0 Å². The first-order chi connectivity index (χ1) is 71.0. The largest absolute Gasteiger partial charge is 0.306 e. The number of carbonyl (C=O) groups is 2. The average molecular weight is 2040 g/mol. The van der Waals surface area contributed by atoms with E-state index in [1.807, 2.05) is 11.3 Å². The molecule has 2 aliphatic carbocycles. The number of amides is 2. The predicted molar refractivity (Wildman–Crippen MR) is 635 cm³/mol. The lowest BCUT2D eigenvalue weighted by molar-refractivity contribution is -0.124. The maximum atomic E-state index is 16.9. The number of aromatic nitrogens is 4. The topological polar surface area (TPSA) is 92.2 Å². The molecule has 6 heterocycles. The van der Waals surface area contributed by atoms with E-state index in [9.17, 15) is 0 Å². The van der Waals surface area contributed by atoms with Crippen LogP contribution in [0.5, 0.6) is 0 Å². The zero-order chi connectivity index (χ0) is 101. The third-order valence-electron chi connectivity index (χ3n) is 34.9. The lowest BCUT2D eigenvalue weighted by Gasteiger charge is -2.35. The SMILES string of the molecule is CCCCCCCCCCCCCCCCC1(CCCCCCCCCCCCCCCC)c2cc3c(cc2-c2c1cc(C)c1nsnc21)C(CCCCCCCCCCCCCCCC)(CCCCCCCCCCCCCCCC)c1cc(-c2ccc(C4=C5C(=O)N(CC(CCCCCC)CCCCCCCC)C(c6ccc(C)s6)=C5C(=O)N4CC(CCCCCC)CCCCCCCC)s2)c2nsnc2c1-3. The second-order valence-corrected chi connectivity index (χ2v) is 50.2. The Morgan fingerprint density at radius 1 is 0.250 bits per heavy atom. The highest BCUT2D eigenvalue weighted by atomic mass is 32.1. The molecule has 806 valence electrons. The zero-order valence-electron chi connectivity index (χ0n) is 94.7. The van der Waals surface area contributed by atoms with Gasteiger partial charge in [0.25, 0.3) is 11.8 Å². The van der Waals surface area contributed by atoms with E-state index in [0.717, 1.165) is 99.5 Å². The lowest BCUT2D eigenvalue weighted by atomic mass is 9.68. The van der Waals surface area contributed by atoms with Crippen molar-refractivity contribution in [2.45, 2.75) is 619 Å². The monoisotopic (exact) mass is 2040 g/mol. The number of benzene rings is 3. The molecular weight excluding hydrogens is 1830 g/mol. The smallest absolute Gasteiger partial charge is 0.261 e. The lowest BCUT2D eigenvalue weighted by Crippen LogP contribution is -2.34. The Hall–Kier alpha value is -4.88. The Morgan fingerprint density at radius 2 is 0.486 bits per heavy atom. The van der Waals surface area contributed by atoms with E-state index in [1.54, 1.807) is 28.0 Å². The molecule has 2 unspecified atom stereocenters. The van der Waals surface area contributed by atoms with Crippen molar-refractivity contribution in [1.82, 2.24) is 27.3 Å². The minimum atomic E-state index is -0.292. The number of fused-ring (bicyclic) bond motifs is 11. The standard InChI is InChI=1S/C132H212N6O2S4/c1-11-19-27-35-41-45-49-53-57-61-65-69-75-83-95-131(96-84-76-70-66-62-58-54-50-46-42-36-28-20-12-2)112-101-110-113(100-109(112)119-114(131)99-105(9)123-125(119)135-143-133-123)132(97-85-77-71-67-63-59-55-51-47-43-37-29-21-13-3,98-86-78-72-68-64-60-56-52-48-44-38-30-22-14-4)115-102-111(124-126(120(110)115)136-144-134-124)116-93-94-118(142-116)128-122-121(129(139)138(128)104-108(88-80-34-26-18-8)90-82-74-40-32-24-16-6)127(117-92-91-106(10)141-117)137(130(122)140)103-107(87-79-33-25-17-7)89-81-73-39-31-23-15-5/h91-94,99-102,107-108H,11-90,95-98,103-104H2,1-10H3. The summed E-state index contributed by atoms with van der Waals surface area (Å²) in [6.45, 7) is 24.5. The number of hydrogen-bond donors (Lipinski definition) is 0. The molecule has 0 saturated heterocycles. The molecule has 2 aliphatic heterocycles. The van der Waals surface area contributed by atoms with Gasteiger partial charge in [0.05, 0.1) is 55.8 Å². The van der Waals surface area contributed by atoms with Gasteiger partial charge in [0.2, 0.25) is 0 Å². The predicted octanol–water partition coefficient (Wildman–Crippen LogP) is 44.6. The summed E-state index contributed by atoms with van der Waals surface area (Å²) >= 11 is 6.45. The third-order valence-corrected chi connectivity index (χ3v) is 38.0. The van der Waals surface area contributed by atoms with Crippen LogP contribution >= 0.6 is 46.1 Å². The quantitative estimate of drug-likeness (QED) is 0.0353. The fraction of sp³-hybridized carbons (Fsp3) is 0.758. The summed E-state index contributed by atoms with van der Waals surface area (Å²) in [6.07, 6.45) is 110. The van der Waals surface area contributed by atoms with Crippen LogP contribution in [0.2, 0.25) is 0 Å². The molecule has 2 atom stereocenters. The van der Waals surface area contributed by atoms with Gasteiger partial charge in [0.1, 0.15) is 22.1 Å². The van der Waals surface area contributed by atoms with Crippen molar-refractivity contribution < 1.29 is 9.59 Å². The Kier molecular flexibility index (Phi) is 57.7. The average Bonchev–Trinajstić information content (AvgIpc) is 1.51. The van der Waals surface area contributed by atoms with Gasteiger partial charge < -0.3 is 9.80 Å². The van der Waals surface area contributed by atoms with Crippen LogP contribution in [0.3, 0.4) is 0 Å². The third kappa shape index (κ3) is 36.1. The molecule has 144 heavy (non-hydrogen) atoms.